The molecule has 0 bridgehead atoms. The van der Waals surface area contributed by atoms with E-state index in [0.29, 0.717) is 16.0 Å². The maximum Gasteiger partial charge on any atom is 0.263 e. The first-order valence-electron chi connectivity index (χ1n) is 7.12. The van der Waals surface area contributed by atoms with Crippen molar-refractivity contribution in [3.05, 3.63) is 28.6 Å². The van der Waals surface area contributed by atoms with Crippen molar-refractivity contribution in [3.63, 3.8) is 0 Å². The Balaban J connectivity index is 1.84. The largest absolute Gasteiger partial charge is 0.397 e. The lowest BCUT2D eigenvalue weighted by atomic mass is 10.0. The summed E-state index contributed by atoms with van der Waals surface area (Å²) in [6.07, 6.45) is 3.59. The molecule has 3 nitrogen and oxygen atoms in total. The highest BCUT2D eigenvalue weighted by Gasteiger charge is 2.40. The third-order valence-corrected chi connectivity index (χ3v) is 5.84. The van der Waals surface area contributed by atoms with Gasteiger partial charge >= 0.3 is 0 Å². The Kier molecular flexibility index (Phi) is 3.21. The third-order valence-electron chi connectivity index (χ3n) is 4.49. The molecule has 1 saturated carbocycles. The summed E-state index contributed by atoms with van der Waals surface area (Å²) in [5.74, 6) is -0.0252. The second kappa shape index (κ2) is 4.77. The zero-order valence-electron chi connectivity index (χ0n) is 12.0. The van der Waals surface area contributed by atoms with Crippen LogP contribution < -0.4 is 11.1 Å². The summed E-state index contributed by atoms with van der Waals surface area (Å²) in [6.45, 7) is 5.02. The fourth-order valence-electron chi connectivity index (χ4n) is 2.63. The van der Waals surface area contributed by atoms with Crippen LogP contribution in [0.15, 0.2) is 18.2 Å². The van der Waals surface area contributed by atoms with E-state index in [9.17, 15) is 4.79 Å². The maximum atomic E-state index is 12.4. The summed E-state index contributed by atoms with van der Waals surface area (Å²) in [5.41, 5.74) is 8.29. The molecule has 0 saturated heterocycles. The molecular weight excluding hydrogens is 268 g/mol. The van der Waals surface area contributed by atoms with Crippen molar-refractivity contribution in [2.24, 2.45) is 5.41 Å². The van der Waals surface area contributed by atoms with Crippen molar-refractivity contribution in [2.75, 3.05) is 12.3 Å². The average molecular weight is 288 g/mol. The quantitative estimate of drug-likeness (QED) is 0.901. The van der Waals surface area contributed by atoms with Crippen molar-refractivity contribution in [1.29, 1.82) is 0 Å². The van der Waals surface area contributed by atoms with Gasteiger partial charge in [0.2, 0.25) is 0 Å². The molecule has 4 heteroatoms. The fraction of sp³-hybridized carbons (Fsp3) is 0.438. The number of thiophene rings is 1. The van der Waals surface area contributed by atoms with Crippen LogP contribution in [0.5, 0.6) is 0 Å². The lowest BCUT2D eigenvalue weighted by molar-refractivity contribution is 0.0949. The number of amides is 1. The van der Waals surface area contributed by atoms with Gasteiger partial charge in [0.25, 0.3) is 5.91 Å². The fourth-order valence-corrected chi connectivity index (χ4v) is 3.73. The molecule has 106 valence electrons. The molecule has 0 aliphatic heterocycles. The summed E-state index contributed by atoms with van der Waals surface area (Å²) in [5, 5.41) is 4.06. The molecular formula is C16H20N2OS. The van der Waals surface area contributed by atoms with Crippen LogP contribution >= 0.6 is 11.3 Å². The second-order valence-corrected chi connectivity index (χ2v) is 6.85. The van der Waals surface area contributed by atoms with Crippen LogP contribution in [0.1, 0.15) is 41.4 Å². The molecule has 1 aliphatic carbocycles. The topological polar surface area (TPSA) is 55.1 Å². The van der Waals surface area contributed by atoms with E-state index in [4.69, 9.17) is 5.73 Å². The standard InChI is InChI=1S/C16H20N2OS/c1-3-16(7-8-16)9-18-15(19)14-12(17)11-6-4-5-10(2)13(11)20-14/h4-6H,3,7-9,17H2,1-2H3,(H,18,19). The minimum atomic E-state index is -0.0252. The molecule has 1 aromatic heterocycles. The molecule has 0 atom stereocenters. The van der Waals surface area contributed by atoms with Gasteiger partial charge in [0.1, 0.15) is 4.88 Å². The zero-order chi connectivity index (χ0) is 14.3. The van der Waals surface area contributed by atoms with Gasteiger partial charge in [0.15, 0.2) is 0 Å². The van der Waals surface area contributed by atoms with E-state index >= 15 is 0 Å². The van der Waals surface area contributed by atoms with Crippen LogP contribution in [0, 0.1) is 12.3 Å². The van der Waals surface area contributed by atoms with Gasteiger partial charge < -0.3 is 11.1 Å². The predicted molar refractivity (Wildman–Crippen MR) is 85.3 cm³/mol. The van der Waals surface area contributed by atoms with Crippen molar-refractivity contribution < 1.29 is 4.79 Å². The van der Waals surface area contributed by atoms with Gasteiger partial charge in [0.05, 0.1) is 5.69 Å². The molecule has 0 unspecified atom stereocenters. The van der Waals surface area contributed by atoms with Gasteiger partial charge in [-0.2, -0.15) is 0 Å². The van der Waals surface area contributed by atoms with Crippen LogP contribution in [-0.2, 0) is 0 Å². The number of benzene rings is 1. The van der Waals surface area contributed by atoms with Crippen LogP contribution in [-0.4, -0.2) is 12.5 Å². The summed E-state index contributed by atoms with van der Waals surface area (Å²) in [6, 6.07) is 6.02. The number of carbonyl (C=O) groups excluding carboxylic acids is 1. The van der Waals surface area contributed by atoms with Crippen molar-refractivity contribution >= 4 is 33.0 Å². The average Bonchev–Trinajstić information content (AvgIpc) is 3.16. The number of hydrogen-bond donors (Lipinski definition) is 2. The first-order chi connectivity index (χ1) is 9.56. The molecule has 1 aliphatic rings. The summed E-state index contributed by atoms with van der Waals surface area (Å²) < 4.78 is 1.12. The third kappa shape index (κ3) is 2.18. The minimum absolute atomic E-state index is 0.0252. The number of aryl methyl sites for hydroxylation is 1. The highest BCUT2D eigenvalue weighted by atomic mass is 32.1. The van der Waals surface area contributed by atoms with Crippen molar-refractivity contribution in [3.8, 4) is 0 Å². The van der Waals surface area contributed by atoms with Gasteiger partial charge in [-0.15, -0.1) is 11.3 Å². The number of anilines is 1. The number of nitrogens with two attached hydrogens (primary N) is 1. The lowest BCUT2D eigenvalue weighted by Gasteiger charge is -2.12. The Bertz CT molecular complexity index is 670. The molecule has 3 N–H and O–H groups in total. The van der Waals surface area contributed by atoms with Crippen molar-refractivity contribution in [1.82, 2.24) is 5.32 Å². The Morgan fingerprint density at radius 2 is 2.20 bits per heavy atom. The van der Waals surface area contributed by atoms with Gasteiger partial charge in [-0.1, -0.05) is 25.1 Å². The summed E-state index contributed by atoms with van der Waals surface area (Å²) in [4.78, 5) is 13.0. The Morgan fingerprint density at radius 1 is 1.45 bits per heavy atom. The molecule has 1 heterocycles. The molecule has 0 radical (unpaired) electrons. The summed E-state index contributed by atoms with van der Waals surface area (Å²) in [7, 11) is 0. The van der Waals surface area contributed by atoms with E-state index in [1.54, 1.807) is 0 Å². The van der Waals surface area contributed by atoms with E-state index in [-0.39, 0.29) is 5.91 Å². The second-order valence-electron chi connectivity index (χ2n) is 5.83. The lowest BCUT2D eigenvalue weighted by Crippen LogP contribution is -2.29. The van der Waals surface area contributed by atoms with Gasteiger partial charge in [-0.05, 0) is 37.2 Å². The highest BCUT2D eigenvalue weighted by molar-refractivity contribution is 7.21. The Morgan fingerprint density at radius 3 is 2.80 bits per heavy atom. The molecule has 0 spiro atoms. The number of nitrogen functional groups attached to an aromatic ring is 1. The monoisotopic (exact) mass is 288 g/mol. The number of nitrogens with one attached hydrogen (secondary N) is 1. The zero-order valence-corrected chi connectivity index (χ0v) is 12.8. The van der Waals surface area contributed by atoms with Gasteiger partial charge in [0, 0.05) is 16.6 Å². The summed E-state index contributed by atoms with van der Waals surface area (Å²) >= 11 is 1.50. The normalized spacial score (nSPS) is 16.3. The molecule has 20 heavy (non-hydrogen) atoms. The molecule has 1 aromatic carbocycles. The van der Waals surface area contributed by atoms with Crippen LogP contribution in [0.25, 0.3) is 10.1 Å². The Labute approximate surface area is 123 Å². The van der Waals surface area contributed by atoms with E-state index in [1.807, 2.05) is 12.1 Å². The van der Waals surface area contributed by atoms with E-state index in [1.165, 1.54) is 29.7 Å². The van der Waals surface area contributed by atoms with E-state index in [2.05, 4.69) is 25.2 Å². The van der Waals surface area contributed by atoms with Gasteiger partial charge in [-0.25, -0.2) is 0 Å². The molecule has 1 amide bonds. The molecule has 1 fully saturated rings. The first kappa shape index (κ1) is 13.4. The minimum Gasteiger partial charge on any atom is -0.397 e. The Hall–Kier alpha value is -1.55. The van der Waals surface area contributed by atoms with E-state index < -0.39 is 0 Å². The first-order valence-corrected chi connectivity index (χ1v) is 7.94. The van der Waals surface area contributed by atoms with Crippen molar-refractivity contribution in [2.45, 2.75) is 33.1 Å². The van der Waals surface area contributed by atoms with Crippen LogP contribution in [0.3, 0.4) is 0 Å². The highest BCUT2D eigenvalue weighted by Crippen LogP contribution is 2.48. The number of rotatable bonds is 4. The number of fused-ring (bicyclic) bond motifs is 1. The van der Waals surface area contributed by atoms with Gasteiger partial charge in [-0.3, -0.25) is 4.79 Å². The smallest absolute Gasteiger partial charge is 0.263 e. The molecule has 2 aromatic rings. The predicted octanol–water partition coefficient (Wildman–Crippen LogP) is 3.71. The van der Waals surface area contributed by atoms with Crippen LogP contribution in [0.4, 0.5) is 5.69 Å². The molecule has 3 rings (SSSR count). The van der Waals surface area contributed by atoms with E-state index in [0.717, 1.165) is 23.1 Å². The SMILES string of the molecule is CCC1(CNC(=O)c2sc3c(C)cccc3c2N)CC1. The maximum absolute atomic E-state index is 12.4. The number of carbonyl (C=O) groups is 1. The number of hydrogen-bond acceptors (Lipinski definition) is 3. The van der Waals surface area contributed by atoms with Crippen LogP contribution in [0.2, 0.25) is 0 Å².